The number of aliphatic hydroxyl groups is 1. The van der Waals surface area contributed by atoms with Crippen LogP contribution >= 0.6 is 0 Å². The van der Waals surface area contributed by atoms with Crippen molar-refractivity contribution < 1.29 is 5.11 Å². The summed E-state index contributed by atoms with van der Waals surface area (Å²) in [6.45, 7) is 3.62. The zero-order valence-electron chi connectivity index (χ0n) is 9.63. The molecule has 1 aromatic carbocycles. The highest BCUT2D eigenvalue weighted by Gasteiger charge is 2.17. The lowest BCUT2D eigenvalue weighted by atomic mass is 10.0. The fourth-order valence-corrected chi connectivity index (χ4v) is 1.88. The van der Waals surface area contributed by atoms with Gasteiger partial charge in [-0.1, -0.05) is 37.3 Å². The Balaban J connectivity index is 2.85. The van der Waals surface area contributed by atoms with E-state index < -0.39 is 0 Å². The number of hydrogen-bond donors (Lipinski definition) is 1. The molecule has 0 heterocycles. The summed E-state index contributed by atoms with van der Waals surface area (Å²) < 4.78 is 0. The molecule has 1 rings (SSSR count). The van der Waals surface area contributed by atoms with Gasteiger partial charge in [0.05, 0.1) is 19.1 Å². The summed E-state index contributed by atoms with van der Waals surface area (Å²) in [5.74, 6) is 0. The summed E-state index contributed by atoms with van der Waals surface area (Å²) in [4.78, 5) is 2.12. The van der Waals surface area contributed by atoms with Crippen LogP contribution in [0.4, 0.5) is 0 Å². The Kier molecular flexibility index (Phi) is 5.55. The van der Waals surface area contributed by atoms with Crippen molar-refractivity contribution in [2.24, 2.45) is 0 Å². The third-order valence-corrected chi connectivity index (χ3v) is 2.70. The van der Waals surface area contributed by atoms with Crippen molar-refractivity contribution >= 4 is 0 Å². The van der Waals surface area contributed by atoms with Crippen LogP contribution in [0.2, 0.25) is 0 Å². The van der Waals surface area contributed by atoms with Crippen LogP contribution in [0.5, 0.6) is 0 Å². The Morgan fingerprint density at radius 3 is 2.56 bits per heavy atom. The van der Waals surface area contributed by atoms with Gasteiger partial charge in [-0.2, -0.15) is 5.26 Å². The second-order valence-electron chi connectivity index (χ2n) is 3.64. The molecule has 0 amide bonds. The van der Waals surface area contributed by atoms with Crippen LogP contribution in [-0.2, 0) is 0 Å². The minimum atomic E-state index is 0.0864. The van der Waals surface area contributed by atoms with E-state index >= 15 is 0 Å². The summed E-state index contributed by atoms with van der Waals surface area (Å²) in [6.07, 6.45) is 0.456. The van der Waals surface area contributed by atoms with Gasteiger partial charge in [-0.3, -0.25) is 4.90 Å². The normalized spacial score (nSPS) is 12.4. The first-order valence-corrected chi connectivity index (χ1v) is 5.60. The van der Waals surface area contributed by atoms with E-state index in [1.54, 1.807) is 0 Å². The molecule has 0 radical (unpaired) electrons. The molecule has 0 fully saturated rings. The first kappa shape index (κ1) is 12.7. The Morgan fingerprint density at radius 1 is 1.38 bits per heavy atom. The minimum Gasteiger partial charge on any atom is -0.395 e. The van der Waals surface area contributed by atoms with Crippen molar-refractivity contribution in [3.8, 4) is 6.07 Å². The lowest BCUT2D eigenvalue weighted by molar-refractivity contribution is 0.158. The first-order chi connectivity index (χ1) is 7.83. The van der Waals surface area contributed by atoms with Gasteiger partial charge in [-0.25, -0.2) is 0 Å². The highest BCUT2D eigenvalue weighted by atomic mass is 16.3. The largest absolute Gasteiger partial charge is 0.395 e. The van der Waals surface area contributed by atoms with Gasteiger partial charge in [-0.15, -0.1) is 0 Å². The van der Waals surface area contributed by atoms with E-state index in [0.717, 1.165) is 12.1 Å². The van der Waals surface area contributed by atoms with E-state index in [2.05, 4.69) is 11.0 Å². The molecule has 1 atom stereocenters. The SMILES string of the molecule is CCN(CCO)C(CC#N)c1ccccc1. The molecule has 0 bridgehead atoms. The van der Waals surface area contributed by atoms with Gasteiger partial charge < -0.3 is 5.11 Å². The third kappa shape index (κ3) is 3.34. The Hall–Kier alpha value is -1.37. The lowest BCUT2D eigenvalue weighted by Gasteiger charge is -2.28. The van der Waals surface area contributed by atoms with Gasteiger partial charge in [0.25, 0.3) is 0 Å². The molecule has 86 valence electrons. The molecular formula is C13H18N2O. The lowest BCUT2D eigenvalue weighted by Crippen LogP contribution is -2.31. The minimum absolute atomic E-state index is 0.0864. The smallest absolute Gasteiger partial charge is 0.0641 e. The Labute approximate surface area is 96.9 Å². The molecule has 1 N–H and O–H groups in total. The summed E-state index contributed by atoms with van der Waals surface area (Å²) in [6, 6.07) is 12.3. The van der Waals surface area contributed by atoms with Gasteiger partial charge >= 0.3 is 0 Å². The molecular weight excluding hydrogens is 200 g/mol. The quantitative estimate of drug-likeness (QED) is 0.794. The zero-order valence-corrected chi connectivity index (χ0v) is 9.63. The topological polar surface area (TPSA) is 47.3 Å². The number of hydrogen-bond acceptors (Lipinski definition) is 3. The second-order valence-corrected chi connectivity index (χ2v) is 3.64. The zero-order chi connectivity index (χ0) is 11.8. The number of likely N-dealkylation sites (N-methyl/N-ethyl adjacent to an activating group) is 1. The predicted molar refractivity (Wildman–Crippen MR) is 63.7 cm³/mol. The summed E-state index contributed by atoms with van der Waals surface area (Å²) in [5.41, 5.74) is 1.14. The molecule has 0 aliphatic carbocycles. The number of nitrogens with zero attached hydrogens (tertiary/aromatic N) is 2. The third-order valence-electron chi connectivity index (χ3n) is 2.70. The van der Waals surface area contributed by atoms with Crippen molar-refractivity contribution in [3.63, 3.8) is 0 Å². The maximum Gasteiger partial charge on any atom is 0.0641 e. The van der Waals surface area contributed by atoms with E-state index in [9.17, 15) is 0 Å². The summed E-state index contributed by atoms with van der Waals surface area (Å²) in [7, 11) is 0. The standard InChI is InChI=1S/C13H18N2O/c1-2-15(10-11-16)13(8-9-14)12-6-4-3-5-7-12/h3-7,13,16H,2,8,10-11H2,1H3. The number of rotatable bonds is 6. The van der Waals surface area contributed by atoms with Crippen LogP contribution < -0.4 is 0 Å². The average Bonchev–Trinajstić information content (AvgIpc) is 2.35. The van der Waals surface area contributed by atoms with Crippen LogP contribution in [-0.4, -0.2) is 29.7 Å². The first-order valence-electron chi connectivity index (χ1n) is 5.60. The van der Waals surface area contributed by atoms with E-state index in [1.165, 1.54) is 0 Å². The molecule has 1 unspecified atom stereocenters. The molecule has 1 aromatic rings. The molecule has 16 heavy (non-hydrogen) atoms. The molecule has 0 saturated heterocycles. The maximum absolute atomic E-state index is 9.01. The maximum atomic E-state index is 9.01. The molecule has 0 aliphatic rings. The summed E-state index contributed by atoms with van der Waals surface area (Å²) in [5, 5.41) is 17.9. The molecule has 0 aliphatic heterocycles. The Bertz CT molecular complexity index is 332. The molecule has 3 heteroatoms. The molecule has 0 aromatic heterocycles. The van der Waals surface area contributed by atoms with Crippen molar-refractivity contribution in [1.29, 1.82) is 5.26 Å². The highest BCUT2D eigenvalue weighted by Crippen LogP contribution is 2.23. The Morgan fingerprint density at radius 2 is 2.06 bits per heavy atom. The van der Waals surface area contributed by atoms with E-state index in [0.29, 0.717) is 13.0 Å². The van der Waals surface area contributed by atoms with Crippen molar-refractivity contribution in [2.75, 3.05) is 19.7 Å². The van der Waals surface area contributed by atoms with Crippen molar-refractivity contribution in [1.82, 2.24) is 4.90 Å². The molecule has 0 saturated carbocycles. The van der Waals surface area contributed by atoms with Crippen LogP contribution in [0.25, 0.3) is 0 Å². The van der Waals surface area contributed by atoms with E-state index in [-0.39, 0.29) is 12.6 Å². The van der Waals surface area contributed by atoms with Crippen LogP contribution in [0.15, 0.2) is 30.3 Å². The number of benzene rings is 1. The molecule has 0 spiro atoms. The van der Waals surface area contributed by atoms with Crippen molar-refractivity contribution in [3.05, 3.63) is 35.9 Å². The van der Waals surface area contributed by atoms with E-state index in [1.807, 2.05) is 37.3 Å². The monoisotopic (exact) mass is 218 g/mol. The van der Waals surface area contributed by atoms with Gasteiger partial charge in [0.15, 0.2) is 0 Å². The summed E-state index contributed by atoms with van der Waals surface area (Å²) >= 11 is 0. The fourth-order valence-electron chi connectivity index (χ4n) is 1.88. The van der Waals surface area contributed by atoms with Gasteiger partial charge in [0.1, 0.15) is 0 Å². The van der Waals surface area contributed by atoms with Crippen molar-refractivity contribution in [2.45, 2.75) is 19.4 Å². The van der Waals surface area contributed by atoms with Gasteiger partial charge in [0.2, 0.25) is 0 Å². The van der Waals surface area contributed by atoms with Crippen LogP contribution in [0, 0.1) is 11.3 Å². The number of nitriles is 1. The van der Waals surface area contributed by atoms with Crippen LogP contribution in [0.3, 0.4) is 0 Å². The van der Waals surface area contributed by atoms with Crippen LogP contribution in [0.1, 0.15) is 24.9 Å². The fraction of sp³-hybridized carbons (Fsp3) is 0.462. The predicted octanol–water partition coefficient (Wildman–Crippen LogP) is 1.96. The average molecular weight is 218 g/mol. The molecule has 3 nitrogen and oxygen atoms in total. The highest BCUT2D eigenvalue weighted by molar-refractivity contribution is 5.20. The van der Waals surface area contributed by atoms with Gasteiger partial charge in [-0.05, 0) is 12.1 Å². The van der Waals surface area contributed by atoms with E-state index in [4.69, 9.17) is 10.4 Å². The second kappa shape index (κ2) is 7.00. The van der Waals surface area contributed by atoms with Gasteiger partial charge in [0, 0.05) is 12.6 Å². The number of aliphatic hydroxyl groups excluding tert-OH is 1.